The number of halogens is 4. The van der Waals surface area contributed by atoms with Crippen molar-refractivity contribution in [2.45, 2.75) is 51.9 Å². The van der Waals surface area contributed by atoms with Crippen molar-refractivity contribution < 1.29 is 32.3 Å². The van der Waals surface area contributed by atoms with Crippen molar-refractivity contribution in [3.8, 4) is 11.1 Å². The van der Waals surface area contributed by atoms with Crippen LogP contribution in [0.2, 0.25) is 5.02 Å². The number of hydrogen-bond donors (Lipinski definition) is 1. The fraction of sp³-hybridized carbons (Fsp3) is 0.235. The number of pyridine rings is 2. The first kappa shape index (κ1) is 31.7. The lowest BCUT2D eigenvalue weighted by Gasteiger charge is -2.24. The minimum absolute atomic E-state index is 0.0514. The Morgan fingerprint density at radius 3 is 2.38 bits per heavy atom. The third kappa shape index (κ3) is 6.71. The van der Waals surface area contributed by atoms with Gasteiger partial charge in [0, 0.05) is 23.5 Å². The summed E-state index contributed by atoms with van der Waals surface area (Å²) in [7, 11) is 0. The Morgan fingerprint density at radius 2 is 1.71 bits per heavy atom. The van der Waals surface area contributed by atoms with Crippen molar-refractivity contribution in [3.63, 3.8) is 0 Å². The smallest absolute Gasteiger partial charge is 0.449 e. The van der Waals surface area contributed by atoms with Crippen molar-refractivity contribution in [1.82, 2.24) is 14.9 Å². The molecule has 0 fully saturated rings. The molecule has 2 aromatic carbocycles. The number of furan rings is 1. The van der Waals surface area contributed by atoms with Crippen molar-refractivity contribution in [2.75, 3.05) is 0 Å². The molecule has 0 aliphatic carbocycles. The second-order valence-electron chi connectivity index (χ2n) is 11.1. The minimum atomic E-state index is -4.68. The monoisotopic (exact) mass is 635 g/mol. The maximum atomic E-state index is 14.1. The second kappa shape index (κ2) is 12.4. The summed E-state index contributed by atoms with van der Waals surface area (Å²) >= 11 is 6.74. The van der Waals surface area contributed by atoms with Crippen LogP contribution in [-0.4, -0.2) is 31.9 Å². The Hall–Kier alpha value is -4.70. The van der Waals surface area contributed by atoms with Gasteiger partial charge in [0.05, 0.1) is 23.0 Å². The van der Waals surface area contributed by atoms with Gasteiger partial charge in [0.25, 0.3) is 5.91 Å². The lowest BCUT2D eigenvalue weighted by Crippen LogP contribution is -2.30. The van der Waals surface area contributed by atoms with Crippen LogP contribution < -0.4 is 0 Å². The van der Waals surface area contributed by atoms with E-state index in [4.69, 9.17) is 16.0 Å². The van der Waals surface area contributed by atoms with Gasteiger partial charge in [-0.05, 0) is 78.9 Å². The molecule has 5 aromatic rings. The molecule has 1 N–H and O–H groups in total. The van der Waals surface area contributed by atoms with Gasteiger partial charge >= 0.3 is 12.1 Å². The fourth-order valence-corrected chi connectivity index (χ4v) is 5.15. The molecule has 7 nitrogen and oxygen atoms in total. The van der Waals surface area contributed by atoms with Gasteiger partial charge in [-0.25, -0.2) is 0 Å². The number of carboxylic acids is 1. The van der Waals surface area contributed by atoms with Gasteiger partial charge < -0.3 is 14.4 Å². The molecular weight excluding hydrogens is 607 g/mol. The number of hydrogen-bond acceptors (Lipinski definition) is 5. The zero-order chi connectivity index (χ0) is 32.5. The molecule has 0 aliphatic heterocycles. The summed E-state index contributed by atoms with van der Waals surface area (Å²) in [6, 6.07) is 19.5. The molecule has 5 rings (SSSR count). The van der Waals surface area contributed by atoms with Crippen LogP contribution in [0.5, 0.6) is 0 Å². The Labute approximate surface area is 262 Å². The number of amides is 1. The largest absolute Gasteiger partial charge is 0.481 e. The van der Waals surface area contributed by atoms with Gasteiger partial charge in [0.2, 0.25) is 5.76 Å². The van der Waals surface area contributed by atoms with E-state index in [1.165, 1.54) is 11.0 Å². The van der Waals surface area contributed by atoms with Crippen LogP contribution in [0, 0.1) is 0 Å². The maximum Gasteiger partial charge on any atom is 0.449 e. The first-order valence-corrected chi connectivity index (χ1v) is 14.5. The lowest BCUT2D eigenvalue weighted by molar-refractivity contribution is -0.153. The molecule has 0 bridgehead atoms. The van der Waals surface area contributed by atoms with Gasteiger partial charge in [-0.3, -0.25) is 19.6 Å². The number of rotatable bonds is 9. The van der Waals surface area contributed by atoms with Gasteiger partial charge in [-0.1, -0.05) is 54.9 Å². The first-order chi connectivity index (χ1) is 21.3. The van der Waals surface area contributed by atoms with Crippen molar-refractivity contribution in [3.05, 3.63) is 118 Å². The summed E-state index contributed by atoms with van der Waals surface area (Å²) < 4.78 is 44.9. The number of nitrogens with zero attached hydrogens (tertiary/aromatic N) is 3. The summed E-state index contributed by atoms with van der Waals surface area (Å²) in [5.41, 5.74) is 3.33. The lowest BCUT2D eigenvalue weighted by atomic mass is 9.83. The van der Waals surface area contributed by atoms with Crippen LogP contribution in [0.25, 0.3) is 22.2 Å². The van der Waals surface area contributed by atoms with E-state index in [1.54, 1.807) is 74.6 Å². The summed E-state index contributed by atoms with van der Waals surface area (Å²) in [5.74, 6) is -2.65. The zero-order valence-corrected chi connectivity index (χ0v) is 25.4. The average molecular weight is 636 g/mol. The normalized spacial score (nSPS) is 12.0. The van der Waals surface area contributed by atoms with Crippen molar-refractivity contribution in [2.24, 2.45) is 0 Å². The van der Waals surface area contributed by atoms with Crippen LogP contribution in [0.15, 0.2) is 83.4 Å². The summed E-state index contributed by atoms with van der Waals surface area (Å²) in [6.45, 7) is 4.83. The standard InChI is InChI=1S/C34H29ClF3N3O4/c1-4-24-17-26(30-28(40-24)9-6-14-39-30)31(42)41(19-25-12-13-29(45-25)34(36,37)38)18-22-11-10-21(16-27(22)35)20-7-5-8-23(15-20)33(2,3)32(43)44/h5-17H,4,18-19H2,1-3H3,(H,43,44). The van der Waals surface area contributed by atoms with Crippen LogP contribution in [0.4, 0.5) is 13.2 Å². The van der Waals surface area contributed by atoms with E-state index in [0.29, 0.717) is 39.3 Å². The molecule has 0 atom stereocenters. The summed E-state index contributed by atoms with van der Waals surface area (Å²) in [5, 5.41) is 9.97. The van der Waals surface area contributed by atoms with Crippen molar-refractivity contribution >= 4 is 34.5 Å². The SMILES string of the molecule is CCc1cc(C(=O)N(Cc2ccc(C(F)(F)F)o2)Cc2ccc(-c3cccc(C(C)(C)C(=O)O)c3)cc2Cl)c2ncccc2n1. The highest BCUT2D eigenvalue weighted by Crippen LogP contribution is 2.33. The van der Waals surface area contributed by atoms with E-state index >= 15 is 0 Å². The number of alkyl halides is 3. The number of aliphatic carboxylic acids is 1. The van der Waals surface area contributed by atoms with E-state index < -0.39 is 29.2 Å². The molecular formula is C34H29ClF3N3O4. The van der Waals surface area contributed by atoms with Crippen LogP contribution in [0.3, 0.4) is 0 Å². The fourth-order valence-electron chi connectivity index (χ4n) is 4.91. The maximum absolute atomic E-state index is 14.1. The number of carboxylic acid groups (broad SMARTS) is 1. The minimum Gasteiger partial charge on any atom is -0.481 e. The molecule has 0 spiro atoms. The molecule has 45 heavy (non-hydrogen) atoms. The highest BCUT2D eigenvalue weighted by molar-refractivity contribution is 6.31. The predicted octanol–water partition coefficient (Wildman–Crippen LogP) is 8.33. The van der Waals surface area contributed by atoms with E-state index in [-0.39, 0.29) is 24.4 Å². The molecule has 1 amide bonds. The summed E-state index contributed by atoms with van der Waals surface area (Å²) in [4.78, 5) is 36.2. The predicted molar refractivity (Wildman–Crippen MR) is 164 cm³/mol. The van der Waals surface area contributed by atoms with Crippen LogP contribution in [-0.2, 0) is 35.9 Å². The van der Waals surface area contributed by atoms with E-state index in [2.05, 4.69) is 9.97 Å². The quantitative estimate of drug-likeness (QED) is 0.175. The Balaban J connectivity index is 1.52. The molecule has 232 valence electrons. The van der Waals surface area contributed by atoms with Gasteiger partial charge in [0.1, 0.15) is 11.3 Å². The molecule has 0 aliphatic rings. The molecule has 0 radical (unpaired) electrons. The zero-order valence-electron chi connectivity index (χ0n) is 24.7. The third-order valence-electron chi connectivity index (χ3n) is 7.65. The third-order valence-corrected chi connectivity index (χ3v) is 8.00. The highest BCUT2D eigenvalue weighted by Gasteiger charge is 2.35. The molecule has 11 heteroatoms. The van der Waals surface area contributed by atoms with E-state index in [0.717, 1.165) is 17.2 Å². The summed E-state index contributed by atoms with van der Waals surface area (Å²) in [6.07, 6.45) is -2.58. The number of carbonyl (C=O) groups excluding carboxylic acids is 1. The molecule has 0 saturated heterocycles. The highest BCUT2D eigenvalue weighted by atomic mass is 35.5. The van der Waals surface area contributed by atoms with E-state index in [9.17, 15) is 27.9 Å². The molecule has 0 unspecified atom stereocenters. The van der Waals surface area contributed by atoms with Gasteiger partial charge in [-0.15, -0.1) is 0 Å². The Bertz CT molecular complexity index is 1900. The van der Waals surface area contributed by atoms with Crippen LogP contribution >= 0.6 is 11.6 Å². The van der Waals surface area contributed by atoms with Gasteiger partial charge in [-0.2, -0.15) is 13.2 Å². The van der Waals surface area contributed by atoms with E-state index in [1.807, 2.05) is 13.0 Å². The first-order valence-electron chi connectivity index (χ1n) is 14.1. The molecule has 3 heterocycles. The Morgan fingerprint density at radius 1 is 0.956 bits per heavy atom. The number of benzene rings is 2. The number of aromatic nitrogens is 2. The molecule has 0 saturated carbocycles. The number of carbonyl (C=O) groups is 2. The topological polar surface area (TPSA) is 96.5 Å². The Kier molecular flexibility index (Phi) is 8.71. The average Bonchev–Trinajstić information content (AvgIpc) is 3.50. The molecule has 3 aromatic heterocycles. The van der Waals surface area contributed by atoms with Gasteiger partial charge in [0.15, 0.2) is 0 Å². The van der Waals surface area contributed by atoms with Crippen LogP contribution in [0.1, 0.15) is 59.5 Å². The van der Waals surface area contributed by atoms with Crippen molar-refractivity contribution in [1.29, 1.82) is 0 Å². The number of aryl methyl sites for hydroxylation is 1. The second-order valence-corrected chi connectivity index (χ2v) is 11.5. The number of fused-ring (bicyclic) bond motifs is 1.